The second-order valence-corrected chi connectivity index (χ2v) is 6.10. The second kappa shape index (κ2) is 8.14. The first-order valence-corrected chi connectivity index (χ1v) is 8.26. The fraction of sp³-hybridized carbons (Fsp3) is 0.316. The third kappa shape index (κ3) is 4.81. The summed E-state index contributed by atoms with van der Waals surface area (Å²) in [4.78, 5) is 12.2. The molecular formula is C19H23ClN2O. The quantitative estimate of drug-likeness (QED) is 0.818. The number of anilines is 1. The van der Waals surface area contributed by atoms with Crippen LogP contribution in [0.5, 0.6) is 0 Å². The van der Waals surface area contributed by atoms with Crippen LogP contribution < -0.4 is 10.6 Å². The summed E-state index contributed by atoms with van der Waals surface area (Å²) >= 11 is 6.00. The maximum Gasteiger partial charge on any atom is 0.238 e. The Morgan fingerprint density at radius 3 is 2.65 bits per heavy atom. The minimum atomic E-state index is -0.0390. The fourth-order valence-corrected chi connectivity index (χ4v) is 2.72. The van der Waals surface area contributed by atoms with Crippen LogP contribution >= 0.6 is 11.6 Å². The molecule has 1 atom stereocenters. The number of para-hydroxylation sites is 1. The Bertz CT molecular complexity index is 685. The Balaban J connectivity index is 1.96. The van der Waals surface area contributed by atoms with Gasteiger partial charge in [-0.05, 0) is 49.1 Å². The van der Waals surface area contributed by atoms with Gasteiger partial charge in [-0.3, -0.25) is 4.79 Å². The van der Waals surface area contributed by atoms with E-state index in [-0.39, 0.29) is 18.5 Å². The number of amides is 1. The molecule has 2 aromatic carbocycles. The molecule has 122 valence electrons. The number of halogens is 1. The number of carbonyl (C=O) groups excluding carboxylic acids is 1. The molecular weight excluding hydrogens is 308 g/mol. The molecule has 23 heavy (non-hydrogen) atoms. The zero-order chi connectivity index (χ0) is 16.8. The Morgan fingerprint density at radius 1 is 1.22 bits per heavy atom. The number of carbonyl (C=O) groups is 1. The van der Waals surface area contributed by atoms with Gasteiger partial charge in [-0.2, -0.15) is 0 Å². The van der Waals surface area contributed by atoms with Gasteiger partial charge in [0.05, 0.1) is 6.54 Å². The van der Waals surface area contributed by atoms with Crippen molar-refractivity contribution in [3.05, 3.63) is 64.2 Å². The highest BCUT2D eigenvalue weighted by atomic mass is 35.5. The van der Waals surface area contributed by atoms with E-state index in [1.54, 1.807) is 0 Å². The highest BCUT2D eigenvalue weighted by Crippen LogP contribution is 2.21. The van der Waals surface area contributed by atoms with E-state index in [2.05, 4.69) is 17.6 Å². The summed E-state index contributed by atoms with van der Waals surface area (Å²) < 4.78 is 0. The molecule has 2 N–H and O–H groups in total. The lowest BCUT2D eigenvalue weighted by Gasteiger charge is -2.16. The smallest absolute Gasteiger partial charge is 0.238 e. The molecule has 2 rings (SSSR count). The number of aryl methyl sites for hydroxylation is 2. The average molecular weight is 331 g/mol. The van der Waals surface area contributed by atoms with Crippen LogP contribution in [0.3, 0.4) is 0 Å². The van der Waals surface area contributed by atoms with Crippen molar-refractivity contribution in [3.8, 4) is 0 Å². The van der Waals surface area contributed by atoms with E-state index >= 15 is 0 Å². The molecule has 0 bridgehead atoms. The minimum absolute atomic E-state index is 0.0390. The summed E-state index contributed by atoms with van der Waals surface area (Å²) in [6.07, 6.45) is 0.892. The van der Waals surface area contributed by atoms with Gasteiger partial charge in [-0.25, -0.2) is 0 Å². The molecule has 0 aliphatic rings. The first-order valence-electron chi connectivity index (χ1n) is 7.88. The Hall–Kier alpha value is -1.84. The molecule has 1 amide bonds. The molecule has 2 aromatic rings. The topological polar surface area (TPSA) is 41.1 Å². The predicted molar refractivity (Wildman–Crippen MR) is 97.1 cm³/mol. The van der Waals surface area contributed by atoms with Gasteiger partial charge in [0.15, 0.2) is 0 Å². The number of benzene rings is 2. The van der Waals surface area contributed by atoms with E-state index in [9.17, 15) is 4.79 Å². The molecule has 4 heteroatoms. The predicted octanol–water partition coefficient (Wildman–Crippen LogP) is 4.50. The summed E-state index contributed by atoms with van der Waals surface area (Å²) in [5.41, 5.74) is 4.23. The lowest BCUT2D eigenvalue weighted by atomic mass is 10.1. The van der Waals surface area contributed by atoms with Gasteiger partial charge in [0.25, 0.3) is 0 Å². The van der Waals surface area contributed by atoms with Gasteiger partial charge < -0.3 is 10.6 Å². The van der Waals surface area contributed by atoms with Crippen LogP contribution in [0.25, 0.3) is 0 Å². The van der Waals surface area contributed by atoms with Crippen molar-refractivity contribution in [2.24, 2.45) is 0 Å². The van der Waals surface area contributed by atoms with Crippen LogP contribution in [0.15, 0.2) is 42.5 Å². The third-order valence-corrected chi connectivity index (χ3v) is 4.16. The third-order valence-electron chi connectivity index (χ3n) is 3.92. The highest BCUT2D eigenvalue weighted by Gasteiger charge is 2.11. The average Bonchev–Trinajstić information content (AvgIpc) is 2.54. The van der Waals surface area contributed by atoms with Crippen LogP contribution in [0.2, 0.25) is 5.02 Å². The van der Waals surface area contributed by atoms with Gasteiger partial charge in [-0.1, -0.05) is 48.9 Å². The standard InChI is InChI=1S/C19H23ClN2O/c1-4-15-8-5-7-13(2)19(15)22-18(23)12-21-14(3)16-9-6-10-17(20)11-16/h5-11,14,21H,4,12H2,1-3H3,(H,22,23)/t14-/m0/s1. The van der Waals surface area contributed by atoms with E-state index in [4.69, 9.17) is 11.6 Å². The fourth-order valence-electron chi connectivity index (χ4n) is 2.53. The van der Waals surface area contributed by atoms with Gasteiger partial charge in [0.1, 0.15) is 0 Å². The molecule has 3 nitrogen and oxygen atoms in total. The van der Waals surface area contributed by atoms with Crippen LogP contribution in [-0.4, -0.2) is 12.5 Å². The van der Waals surface area contributed by atoms with E-state index in [1.165, 1.54) is 0 Å². The van der Waals surface area contributed by atoms with Crippen molar-refractivity contribution in [3.63, 3.8) is 0 Å². The molecule has 0 aromatic heterocycles. The Kier molecular flexibility index (Phi) is 6.20. The van der Waals surface area contributed by atoms with Gasteiger partial charge in [-0.15, -0.1) is 0 Å². The summed E-state index contributed by atoms with van der Waals surface area (Å²) in [6, 6.07) is 13.8. The van der Waals surface area contributed by atoms with E-state index in [0.717, 1.165) is 28.8 Å². The van der Waals surface area contributed by atoms with Crippen molar-refractivity contribution in [1.29, 1.82) is 0 Å². The first kappa shape index (κ1) is 17.5. The maximum absolute atomic E-state index is 12.2. The zero-order valence-electron chi connectivity index (χ0n) is 13.8. The van der Waals surface area contributed by atoms with Crippen LogP contribution in [0.4, 0.5) is 5.69 Å². The molecule has 0 radical (unpaired) electrons. The molecule has 0 unspecified atom stereocenters. The molecule has 0 aliphatic carbocycles. The van der Waals surface area contributed by atoms with E-state index in [0.29, 0.717) is 5.02 Å². The first-order chi connectivity index (χ1) is 11.0. The van der Waals surface area contributed by atoms with Crippen molar-refractivity contribution < 1.29 is 4.79 Å². The summed E-state index contributed by atoms with van der Waals surface area (Å²) in [5.74, 6) is -0.0390. The Labute approximate surface area is 143 Å². The van der Waals surface area contributed by atoms with Crippen molar-refractivity contribution >= 4 is 23.2 Å². The second-order valence-electron chi connectivity index (χ2n) is 5.67. The van der Waals surface area contributed by atoms with Crippen molar-refractivity contribution in [2.75, 3.05) is 11.9 Å². The summed E-state index contributed by atoms with van der Waals surface area (Å²) in [5, 5.41) is 6.95. The minimum Gasteiger partial charge on any atom is -0.324 e. The Morgan fingerprint density at radius 2 is 1.96 bits per heavy atom. The SMILES string of the molecule is CCc1cccc(C)c1NC(=O)CN[C@@H](C)c1cccc(Cl)c1. The molecule has 0 aliphatic heterocycles. The zero-order valence-corrected chi connectivity index (χ0v) is 14.6. The van der Waals surface area contributed by atoms with Crippen LogP contribution in [0.1, 0.15) is 36.6 Å². The number of rotatable bonds is 6. The molecule has 0 heterocycles. The number of hydrogen-bond donors (Lipinski definition) is 2. The summed E-state index contributed by atoms with van der Waals surface area (Å²) in [7, 11) is 0. The van der Waals surface area contributed by atoms with Crippen molar-refractivity contribution in [1.82, 2.24) is 5.32 Å². The maximum atomic E-state index is 12.2. The number of hydrogen-bond acceptors (Lipinski definition) is 2. The molecule has 0 saturated heterocycles. The van der Waals surface area contributed by atoms with E-state index in [1.807, 2.05) is 56.3 Å². The van der Waals surface area contributed by atoms with Gasteiger partial charge in [0, 0.05) is 16.8 Å². The monoisotopic (exact) mass is 330 g/mol. The van der Waals surface area contributed by atoms with Gasteiger partial charge >= 0.3 is 0 Å². The van der Waals surface area contributed by atoms with Crippen LogP contribution in [-0.2, 0) is 11.2 Å². The van der Waals surface area contributed by atoms with Gasteiger partial charge in [0.2, 0.25) is 5.91 Å². The number of nitrogens with one attached hydrogen (secondary N) is 2. The normalized spacial score (nSPS) is 12.0. The lowest BCUT2D eigenvalue weighted by molar-refractivity contribution is -0.115. The van der Waals surface area contributed by atoms with E-state index < -0.39 is 0 Å². The lowest BCUT2D eigenvalue weighted by Crippen LogP contribution is -2.30. The van der Waals surface area contributed by atoms with Crippen LogP contribution in [0, 0.1) is 6.92 Å². The molecule has 0 fully saturated rings. The highest BCUT2D eigenvalue weighted by molar-refractivity contribution is 6.30. The summed E-state index contributed by atoms with van der Waals surface area (Å²) in [6.45, 7) is 6.37. The van der Waals surface area contributed by atoms with Crippen molar-refractivity contribution in [2.45, 2.75) is 33.2 Å². The molecule has 0 spiro atoms. The largest absolute Gasteiger partial charge is 0.324 e. The molecule has 0 saturated carbocycles.